The number of hydrogen-bond donors (Lipinski definition) is 1. The predicted molar refractivity (Wildman–Crippen MR) is 100 cm³/mol. The van der Waals surface area contributed by atoms with E-state index in [-0.39, 0.29) is 5.91 Å². The minimum absolute atomic E-state index is 0.296. The summed E-state index contributed by atoms with van der Waals surface area (Å²) in [6.45, 7) is 1.92. The van der Waals surface area contributed by atoms with Gasteiger partial charge in [-0.05, 0) is 60.4 Å². The van der Waals surface area contributed by atoms with Gasteiger partial charge in [-0.3, -0.25) is 4.79 Å². The molecule has 25 heavy (non-hydrogen) atoms. The van der Waals surface area contributed by atoms with Gasteiger partial charge in [-0.25, -0.2) is 0 Å². The number of nitrogens with one attached hydrogen (secondary N) is 1. The van der Waals surface area contributed by atoms with E-state index in [9.17, 15) is 4.79 Å². The van der Waals surface area contributed by atoms with E-state index in [1.807, 2.05) is 6.92 Å². The highest BCUT2D eigenvalue weighted by atomic mass is 35.5. The van der Waals surface area contributed by atoms with Gasteiger partial charge in [0.05, 0.1) is 11.4 Å². The molecule has 0 radical (unpaired) electrons. The van der Waals surface area contributed by atoms with Gasteiger partial charge in [0.25, 0.3) is 5.91 Å². The number of hydrogen-bond acceptors (Lipinski definition) is 5. The van der Waals surface area contributed by atoms with Crippen molar-refractivity contribution in [3.05, 3.63) is 63.1 Å². The highest BCUT2D eigenvalue weighted by molar-refractivity contribution is 7.08. The number of halogens is 2. The van der Waals surface area contributed by atoms with Crippen LogP contribution in [0, 0.1) is 0 Å². The van der Waals surface area contributed by atoms with E-state index >= 15 is 0 Å². The second-order valence-electron chi connectivity index (χ2n) is 5.05. The Balaban J connectivity index is 1.86. The number of amides is 1. The summed E-state index contributed by atoms with van der Waals surface area (Å²) < 4.78 is 9.67. The monoisotopic (exact) mass is 393 g/mol. The van der Waals surface area contributed by atoms with Gasteiger partial charge in [-0.15, -0.1) is 5.10 Å². The molecule has 0 aliphatic carbocycles. The zero-order valence-corrected chi connectivity index (χ0v) is 15.5. The van der Waals surface area contributed by atoms with Crippen LogP contribution in [-0.2, 0) is 6.42 Å². The summed E-state index contributed by atoms with van der Waals surface area (Å²) in [6, 6.07) is 11.9. The lowest BCUT2D eigenvalue weighted by molar-refractivity contribution is 0.102. The lowest BCUT2D eigenvalue weighted by Crippen LogP contribution is -2.13. The molecular formula is C17H13Cl2N3O2S. The number of carbonyl (C=O) groups is 1. The number of rotatable bonds is 5. The van der Waals surface area contributed by atoms with Crippen LogP contribution in [0.25, 0.3) is 0 Å². The molecule has 8 heteroatoms. The van der Waals surface area contributed by atoms with Gasteiger partial charge in [0, 0.05) is 10.0 Å². The van der Waals surface area contributed by atoms with E-state index < -0.39 is 0 Å². The van der Waals surface area contributed by atoms with Gasteiger partial charge >= 0.3 is 0 Å². The fourth-order valence-electron chi connectivity index (χ4n) is 2.11. The molecule has 0 aliphatic heterocycles. The Morgan fingerprint density at radius 1 is 1.16 bits per heavy atom. The maximum Gasteiger partial charge on any atom is 0.269 e. The normalized spacial score (nSPS) is 10.5. The van der Waals surface area contributed by atoms with Crippen LogP contribution < -0.4 is 10.1 Å². The Morgan fingerprint density at radius 2 is 1.88 bits per heavy atom. The summed E-state index contributed by atoms with van der Waals surface area (Å²) in [5.41, 5.74) is 1.12. The summed E-state index contributed by atoms with van der Waals surface area (Å²) in [6.07, 6.45) is 0.628. The molecule has 0 saturated heterocycles. The van der Waals surface area contributed by atoms with Crippen molar-refractivity contribution >= 4 is 46.3 Å². The minimum atomic E-state index is -0.296. The number of ether oxygens (including phenoxy) is 1. The standard InChI is InChI=1S/C17H13Cl2N3O2S/c1-2-13-16(25-22-21-13)17(23)20-14-9-11(19)5-8-15(14)24-12-6-3-10(18)4-7-12/h3-9H,2H2,1H3,(H,20,23). The van der Waals surface area contributed by atoms with E-state index in [0.29, 0.717) is 44.2 Å². The minimum Gasteiger partial charge on any atom is -0.455 e. The van der Waals surface area contributed by atoms with Crippen LogP contribution in [0.15, 0.2) is 42.5 Å². The third-order valence-corrected chi connectivity index (χ3v) is 4.58. The number of aromatic nitrogens is 2. The second kappa shape index (κ2) is 7.82. The van der Waals surface area contributed by atoms with Crippen molar-refractivity contribution in [3.8, 4) is 11.5 Å². The molecule has 0 saturated carbocycles. The van der Waals surface area contributed by atoms with Crippen molar-refractivity contribution in [3.63, 3.8) is 0 Å². The lowest BCUT2D eigenvalue weighted by atomic mass is 10.2. The molecule has 3 aromatic rings. The maximum atomic E-state index is 12.5. The van der Waals surface area contributed by atoms with Crippen LogP contribution in [0.1, 0.15) is 22.3 Å². The highest BCUT2D eigenvalue weighted by Gasteiger charge is 2.17. The van der Waals surface area contributed by atoms with E-state index in [1.54, 1.807) is 42.5 Å². The van der Waals surface area contributed by atoms with Gasteiger partial charge in [0.1, 0.15) is 10.6 Å². The quantitative estimate of drug-likeness (QED) is 0.625. The van der Waals surface area contributed by atoms with Gasteiger partial charge in [-0.1, -0.05) is 34.6 Å². The molecule has 2 aromatic carbocycles. The fourth-order valence-corrected chi connectivity index (χ4v) is 3.05. The average Bonchev–Trinajstić information content (AvgIpc) is 3.08. The molecule has 128 valence electrons. The molecule has 1 aromatic heterocycles. The van der Waals surface area contributed by atoms with Crippen molar-refractivity contribution in [2.45, 2.75) is 13.3 Å². The Kier molecular flexibility index (Phi) is 5.53. The van der Waals surface area contributed by atoms with Gasteiger partial charge in [0.2, 0.25) is 0 Å². The van der Waals surface area contributed by atoms with Gasteiger partial charge < -0.3 is 10.1 Å². The molecule has 5 nitrogen and oxygen atoms in total. The molecule has 0 spiro atoms. The van der Waals surface area contributed by atoms with E-state index in [4.69, 9.17) is 27.9 Å². The number of carbonyl (C=O) groups excluding carboxylic acids is 1. The third kappa shape index (κ3) is 4.28. The molecule has 1 heterocycles. The first-order valence-corrected chi connectivity index (χ1v) is 8.95. The second-order valence-corrected chi connectivity index (χ2v) is 6.68. The summed E-state index contributed by atoms with van der Waals surface area (Å²) >= 11 is 13.0. The molecule has 0 atom stereocenters. The maximum absolute atomic E-state index is 12.5. The van der Waals surface area contributed by atoms with Crippen molar-refractivity contribution in [2.75, 3.05) is 5.32 Å². The third-order valence-electron chi connectivity index (χ3n) is 3.33. The molecule has 0 unspecified atom stereocenters. The SMILES string of the molecule is CCc1nnsc1C(=O)Nc1cc(Cl)ccc1Oc1ccc(Cl)cc1. The van der Waals surface area contributed by atoms with Crippen LogP contribution in [0.3, 0.4) is 0 Å². The molecule has 0 aliphatic rings. The molecule has 1 amide bonds. The summed E-state index contributed by atoms with van der Waals surface area (Å²) in [5.74, 6) is 0.765. The summed E-state index contributed by atoms with van der Waals surface area (Å²) in [7, 11) is 0. The van der Waals surface area contributed by atoms with Gasteiger partial charge in [-0.2, -0.15) is 0 Å². The Bertz CT molecular complexity index is 897. The van der Waals surface area contributed by atoms with Crippen LogP contribution in [-0.4, -0.2) is 15.5 Å². The smallest absolute Gasteiger partial charge is 0.269 e. The molecular weight excluding hydrogens is 381 g/mol. The van der Waals surface area contributed by atoms with Crippen LogP contribution in [0.5, 0.6) is 11.5 Å². The molecule has 1 N–H and O–H groups in total. The predicted octanol–water partition coefficient (Wildman–Crippen LogP) is 5.45. The highest BCUT2D eigenvalue weighted by Crippen LogP contribution is 2.33. The fraction of sp³-hybridized carbons (Fsp3) is 0.118. The zero-order chi connectivity index (χ0) is 17.8. The van der Waals surface area contributed by atoms with Gasteiger partial charge in [0.15, 0.2) is 5.75 Å². The topological polar surface area (TPSA) is 64.1 Å². The first-order chi connectivity index (χ1) is 12.1. The molecule has 3 rings (SSSR count). The first kappa shape index (κ1) is 17.7. The molecule has 0 fully saturated rings. The summed E-state index contributed by atoms with van der Waals surface area (Å²) in [5, 5.41) is 7.86. The van der Waals surface area contributed by atoms with E-state index in [1.165, 1.54) is 0 Å². The number of benzene rings is 2. The molecule has 0 bridgehead atoms. The summed E-state index contributed by atoms with van der Waals surface area (Å²) in [4.78, 5) is 13.0. The number of nitrogens with zero attached hydrogens (tertiary/aromatic N) is 2. The number of aryl methyl sites for hydroxylation is 1. The van der Waals surface area contributed by atoms with Crippen molar-refractivity contribution in [2.24, 2.45) is 0 Å². The van der Waals surface area contributed by atoms with E-state index in [0.717, 1.165) is 11.5 Å². The van der Waals surface area contributed by atoms with E-state index in [2.05, 4.69) is 14.9 Å². The van der Waals surface area contributed by atoms with Crippen molar-refractivity contribution in [1.29, 1.82) is 0 Å². The first-order valence-electron chi connectivity index (χ1n) is 7.42. The lowest BCUT2D eigenvalue weighted by Gasteiger charge is -2.12. The Hall–Kier alpha value is -2.15. The zero-order valence-electron chi connectivity index (χ0n) is 13.1. The van der Waals surface area contributed by atoms with Crippen LogP contribution >= 0.6 is 34.7 Å². The Labute approximate surface area is 158 Å². The number of anilines is 1. The van der Waals surface area contributed by atoms with Crippen LogP contribution in [0.2, 0.25) is 10.0 Å². The van der Waals surface area contributed by atoms with Crippen LogP contribution in [0.4, 0.5) is 5.69 Å². The van der Waals surface area contributed by atoms with Crippen molar-refractivity contribution in [1.82, 2.24) is 9.59 Å². The Morgan fingerprint density at radius 3 is 2.60 bits per heavy atom. The van der Waals surface area contributed by atoms with Crippen molar-refractivity contribution < 1.29 is 9.53 Å². The average molecular weight is 394 g/mol. The largest absolute Gasteiger partial charge is 0.455 e.